The molecule has 0 radical (unpaired) electrons. The van der Waals surface area contributed by atoms with Crippen LogP contribution in [-0.2, 0) is 7.05 Å². The largest absolute Gasteiger partial charge is 0.403 e. The van der Waals surface area contributed by atoms with Crippen molar-refractivity contribution in [1.29, 1.82) is 0 Å². The van der Waals surface area contributed by atoms with Crippen molar-refractivity contribution in [3.05, 3.63) is 42.2 Å². The summed E-state index contributed by atoms with van der Waals surface area (Å²) < 4.78 is 3.44. The molecular weight excluding hydrogens is 304 g/mol. The van der Waals surface area contributed by atoms with E-state index in [9.17, 15) is 0 Å². The van der Waals surface area contributed by atoms with Crippen LogP contribution in [0, 0.1) is 0 Å². The highest BCUT2D eigenvalue weighted by atomic mass is 15.3. The molecule has 3 aromatic heterocycles. The fraction of sp³-hybridized carbons (Fsp3) is 0.312. The highest BCUT2D eigenvalue weighted by Crippen LogP contribution is 2.29. The number of nitrogens with one attached hydrogen (secondary N) is 1. The zero-order valence-corrected chi connectivity index (χ0v) is 13.5. The molecule has 0 saturated carbocycles. The first-order valence-electron chi connectivity index (χ1n) is 7.93. The van der Waals surface area contributed by atoms with Crippen LogP contribution < -0.4 is 16.8 Å². The first-order valence-corrected chi connectivity index (χ1v) is 7.93. The van der Waals surface area contributed by atoms with Crippen LogP contribution in [-0.4, -0.2) is 30.9 Å². The van der Waals surface area contributed by atoms with Crippen LogP contribution in [0.3, 0.4) is 0 Å². The SMILES string of the molecule is Cn1cc(-c2cnn3c(N)cc([C@H]4CC/C(=C\N)NC4)nc23)cn1. The molecule has 0 amide bonds. The second-order valence-electron chi connectivity index (χ2n) is 6.11. The number of rotatable bonds is 2. The number of aromatic nitrogens is 5. The molecule has 4 rings (SSSR count). The van der Waals surface area contributed by atoms with E-state index in [0.717, 1.165) is 47.6 Å². The third-order valence-corrected chi connectivity index (χ3v) is 4.49. The maximum atomic E-state index is 6.20. The third kappa shape index (κ3) is 2.36. The lowest BCUT2D eigenvalue weighted by Gasteiger charge is -2.25. The van der Waals surface area contributed by atoms with E-state index in [-0.39, 0.29) is 0 Å². The van der Waals surface area contributed by atoms with Crippen molar-refractivity contribution in [2.45, 2.75) is 18.8 Å². The smallest absolute Gasteiger partial charge is 0.165 e. The van der Waals surface area contributed by atoms with Gasteiger partial charge in [-0.05, 0) is 12.8 Å². The number of anilines is 1. The van der Waals surface area contributed by atoms with Gasteiger partial charge in [-0.15, -0.1) is 0 Å². The maximum absolute atomic E-state index is 6.20. The summed E-state index contributed by atoms with van der Waals surface area (Å²) >= 11 is 0. The molecule has 0 unspecified atom stereocenters. The van der Waals surface area contributed by atoms with Crippen molar-refractivity contribution in [3.63, 3.8) is 0 Å². The number of hydrogen-bond acceptors (Lipinski definition) is 6. The van der Waals surface area contributed by atoms with Gasteiger partial charge in [0.15, 0.2) is 5.65 Å². The quantitative estimate of drug-likeness (QED) is 0.648. The van der Waals surface area contributed by atoms with Crippen LogP contribution in [0.1, 0.15) is 24.5 Å². The Kier molecular flexibility index (Phi) is 3.37. The van der Waals surface area contributed by atoms with Gasteiger partial charge in [-0.2, -0.15) is 14.7 Å². The molecule has 1 atom stereocenters. The Hall–Kier alpha value is -3.03. The molecule has 1 saturated heterocycles. The number of allylic oxidation sites excluding steroid dienone is 1. The van der Waals surface area contributed by atoms with Crippen LogP contribution in [0.25, 0.3) is 16.8 Å². The topological polar surface area (TPSA) is 112 Å². The summed E-state index contributed by atoms with van der Waals surface area (Å²) in [6, 6.07) is 1.91. The van der Waals surface area contributed by atoms with Crippen LogP contribution in [0.2, 0.25) is 0 Å². The lowest BCUT2D eigenvalue weighted by Crippen LogP contribution is -2.28. The Balaban J connectivity index is 1.76. The minimum absolute atomic E-state index is 0.303. The Bertz CT molecular complexity index is 909. The summed E-state index contributed by atoms with van der Waals surface area (Å²) in [7, 11) is 1.89. The summed E-state index contributed by atoms with van der Waals surface area (Å²) in [5.74, 6) is 0.892. The van der Waals surface area contributed by atoms with E-state index in [0.29, 0.717) is 11.7 Å². The molecule has 0 spiro atoms. The van der Waals surface area contributed by atoms with Gasteiger partial charge in [-0.1, -0.05) is 0 Å². The molecule has 1 aliphatic heterocycles. The van der Waals surface area contributed by atoms with Crippen molar-refractivity contribution in [1.82, 2.24) is 29.7 Å². The van der Waals surface area contributed by atoms with E-state index in [1.54, 1.807) is 21.6 Å². The van der Waals surface area contributed by atoms with Gasteiger partial charge < -0.3 is 16.8 Å². The van der Waals surface area contributed by atoms with Gasteiger partial charge in [-0.25, -0.2) is 4.98 Å². The van der Waals surface area contributed by atoms with Crippen LogP contribution in [0.5, 0.6) is 0 Å². The van der Waals surface area contributed by atoms with Gasteiger partial charge in [0.25, 0.3) is 0 Å². The Labute approximate surface area is 139 Å². The van der Waals surface area contributed by atoms with Crippen LogP contribution in [0.15, 0.2) is 36.6 Å². The average molecular weight is 324 g/mol. The number of nitrogen functional groups attached to an aromatic ring is 1. The lowest BCUT2D eigenvalue weighted by molar-refractivity contribution is 0.505. The second-order valence-corrected chi connectivity index (χ2v) is 6.11. The molecule has 124 valence electrons. The standard InChI is InChI=1S/C16H20N8/c1-23-9-11(7-20-23)13-8-21-24-15(18)4-14(22-16(13)24)10-2-3-12(5-17)19-6-10/h4-5,7-10,19H,2-3,6,17-18H2,1H3/b12-5+/t10-/m0/s1. The number of hydrogen-bond donors (Lipinski definition) is 3. The molecule has 8 nitrogen and oxygen atoms in total. The van der Waals surface area contributed by atoms with E-state index in [1.165, 1.54) is 0 Å². The number of piperidine rings is 1. The van der Waals surface area contributed by atoms with Gasteiger partial charge >= 0.3 is 0 Å². The summed E-state index contributed by atoms with van der Waals surface area (Å²) in [5.41, 5.74) is 16.5. The predicted molar refractivity (Wildman–Crippen MR) is 91.8 cm³/mol. The summed E-state index contributed by atoms with van der Waals surface area (Å²) in [5, 5.41) is 11.9. The van der Waals surface area contributed by atoms with Crippen molar-refractivity contribution in [2.24, 2.45) is 12.8 Å². The Morgan fingerprint density at radius 2 is 2.21 bits per heavy atom. The first kappa shape index (κ1) is 14.6. The lowest BCUT2D eigenvalue weighted by atomic mass is 9.94. The van der Waals surface area contributed by atoms with Crippen molar-refractivity contribution in [2.75, 3.05) is 12.3 Å². The number of aryl methyl sites for hydroxylation is 1. The van der Waals surface area contributed by atoms with Gasteiger partial charge in [0.2, 0.25) is 0 Å². The summed E-state index contributed by atoms with van der Waals surface area (Å²) in [4.78, 5) is 4.85. The first-order chi connectivity index (χ1) is 11.7. The minimum atomic E-state index is 0.303. The summed E-state index contributed by atoms with van der Waals surface area (Å²) in [6.45, 7) is 0.808. The Morgan fingerprint density at radius 1 is 1.33 bits per heavy atom. The number of nitrogens with two attached hydrogens (primary N) is 2. The zero-order chi connectivity index (χ0) is 16.7. The molecule has 5 N–H and O–H groups in total. The predicted octanol–water partition coefficient (Wildman–Crippen LogP) is 0.979. The summed E-state index contributed by atoms with van der Waals surface area (Å²) in [6.07, 6.45) is 9.09. The number of nitrogens with zero attached hydrogens (tertiary/aromatic N) is 5. The van der Waals surface area contributed by atoms with Gasteiger partial charge in [-0.3, -0.25) is 4.68 Å². The van der Waals surface area contributed by atoms with E-state index in [1.807, 2.05) is 25.5 Å². The molecule has 1 fully saturated rings. The average Bonchev–Trinajstić information content (AvgIpc) is 3.21. The fourth-order valence-electron chi connectivity index (χ4n) is 3.15. The van der Waals surface area contributed by atoms with E-state index >= 15 is 0 Å². The normalized spacial score (nSPS) is 19.7. The maximum Gasteiger partial charge on any atom is 0.165 e. The van der Waals surface area contributed by atoms with Gasteiger partial charge in [0, 0.05) is 54.8 Å². The molecule has 0 aliphatic carbocycles. The monoisotopic (exact) mass is 324 g/mol. The molecule has 24 heavy (non-hydrogen) atoms. The van der Waals surface area contributed by atoms with Crippen molar-refractivity contribution < 1.29 is 0 Å². The van der Waals surface area contributed by atoms with E-state index in [4.69, 9.17) is 16.5 Å². The van der Waals surface area contributed by atoms with Gasteiger partial charge in [0.1, 0.15) is 5.82 Å². The van der Waals surface area contributed by atoms with Crippen molar-refractivity contribution in [3.8, 4) is 11.1 Å². The minimum Gasteiger partial charge on any atom is -0.403 e. The zero-order valence-electron chi connectivity index (χ0n) is 13.5. The third-order valence-electron chi connectivity index (χ3n) is 4.49. The van der Waals surface area contributed by atoms with Gasteiger partial charge in [0.05, 0.1) is 18.1 Å². The fourth-order valence-corrected chi connectivity index (χ4v) is 3.15. The highest BCUT2D eigenvalue weighted by molar-refractivity contribution is 5.77. The Morgan fingerprint density at radius 3 is 2.88 bits per heavy atom. The molecule has 1 aliphatic rings. The van der Waals surface area contributed by atoms with E-state index < -0.39 is 0 Å². The molecule has 8 heteroatoms. The number of fused-ring (bicyclic) bond motifs is 1. The second kappa shape index (κ2) is 5.55. The van der Waals surface area contributed by atoms with Crippen LogP contribution in [0.4, 0.5) is 5.82 Å². The molecule has 4 heterocycles. The molecular formula is C16H20N8. The highest BCUT2D eigenvalue weighted by Gasteiger charge is 2.21. The van der Waals surface area contributed by atoms with E-state index in [2.05, 4.69) is 15.5 Å². The molecule has 0 aromatic carbocycles. The van der Waals surface area contributed by atoms with Crippen LogP contribution >= 0.6 is 0 Å². The molecule has 3 aromatic rings. The van der Waals surface area contributed by atoms with Crippen molar-refractivity contribution >= 4 is 11.5 Å². The molecule has 0 bridgehead atoms.